The lowest BCUT2D eigenvalue weighted by molar-refractivity contribution is -0.136. The van der Waals surface area contributed by atoms with E-state index in [1.54, 1.807) is 41.1 Å². The summed E-state index contributed by atoms with van der Waals surface area (Å²) in [7, 11) is 1.75. The van der Waals surface area contributed by atoms with Crippen LogP contribution in [0.15, 0.2) is 24.3 Å². The molecule has 0 aromatic heterocycles. The molecule has 1 fully saturated rings. The van der Waals surface area contributed by atoms with Crippen LogP contribution >= 0.6 is 11.6 Å². The Morgan fingerprint density at radius 3 is 2.73 bits per heavy atom. The van der Waals surface area contributed by atoms with Crippen LogP contribution in [0.25, 0.3) is 0 Å². The van der Waals surface area contributed by atoms with Crippen LogP contribution in [-0.4, -0.2) is 68.1 Å². The molecule has 2 amide bonds. The molecule has 0 aliphatic carbocycles. The maximum absolute atomic E-state index is 12.1. The van der Waals surface area contributed by atoms with E-state index in [0.29, 0.717) is 37.0 Å². The number of halogens is 1. The van der Waals surface area contributed by atoms with Gasteiger partial charge in [0.2, 0.25) is 11.8 Å². The Hall–Kier alpha value is -1.63. The summed E-state index contributed by atoms with van der Waals surface area (Å²) in [5.74, 6) is -0.166. The summed E-state index contributed by atoms with van der Waals surface area (Å²) in [5.41, 5.74) is 0.644. The van der Waals surface area contributed by atoms with E-state index < -0.39 is 0 Å². The quantitative estimate of drug-likeness (QED) is 0.879. The van der Waals surface area contributed by atoms with Gasteiger partial charge in [-0.1, -0.05) is 17.7 Å². The molecule has 1 aromatic carbocycles. The molecule has 0 spiro atoms. The van der Waals surface area contributed by atoms with E-state index in [1.165, 1.54) is 0 Å². The van der Waals surface area contributed by atoms with Crippen LogP contribution in [0.5, 0.6) is 0 Å². The number of morpholine rings is 1. The summed E-state index contributed by atoms with van der Waals surface area (Å²) in [5, 5.41) is 3.32. The van der Waals surface area contributed by atoms with Crippen LogP contribution in [-0.2, 0) is 14.3 Å². The molecule has 0 atom stereocenters. The summed E-state index contributed by atoms with van der Waals surface area (Å²) >= 11 is 5.87. The molecule has 0 saturated carbocycles. The number of likely N-dealkylation sites (N-methyl/N-ethyl adjacent to an activating group) is 1. The molecule has 7 heteroatoms. The van der Waals surface area contributed by atoms with Crippen molar-refractivity contribution < 1.29 is 14.3 Å². The summed E-state index contributed by atoms with van der Waals surface area (Å²) in [4.78, 5) is 27.5. The highest BCUT2D eigenvalue weighted by atomic mass is 35.5. The predicted molar refractivity (Wildman–Crippen MR) is 85.0 cm³/mol. The van der Waals surface area contributed by atoms with Gasteiger partial charge in [0.15, 0.2) is 0 Å². The first kappa shape index (κ1) is 16.7. The third-order valence-electron chi connectivity index (χ3n) is 3.29. The standard InChI is InChI=1S/C15H20ClN3O3/c1-18(11-15(21)19-5-7-22-8-6-19)10-14(20)17-13-4-2-3-12(16)9-13/h2-4,9H,5-8,10-11H2,1H3,(H,17,20). The van der Waals surface area contributed by atoms with Gasteiger partial charge in [0.25, 0.3) is 0 Å². The molecular formula is C15H20ClN3O3. The largest absolute Gasteiger partial charge is 0.378 e. The Morgan fingerprint density at radius 2 is 2.05 bits per heavy atom. The number of benzene rings is 1. The van der Waals surface area contributed by atoms with Crippen molar-refractivity contribution in [2.75, 3.05) is 51.8 Å². The topological polar surface area (TPSA) is 61.9 Å². The minimum absolute atomic E-state index is 0.0151. The van der Waals surface area contributed by atoms with Crippen LogP contribution < -0.4 is 5.32 Å². The lowest BCUT2D eigenvalue weighted by Crippen LogP contribution is -2.46. The summed E-state index contributed by atoms with van der Waals surface area (Å²) < 4.78 is 5.21. The molecule has 2 rings (SSSR count). The third-order valence-corrected chi connectivity index (χ3v) is 3.53. The minimum atomic E-state index is -0.181. The van der Waals surface area contributed by atoms with Crippen molar-refractivity contribution in [3.63, 3.8) is 0 Å². The third kappa shape index (κ3) is 5.29. The maximum Gasteiger partial charge on any atom is 0.238 e. The van der Waals surface area contributed by atoms with Crippen LogP contribution in [0.2, 0.25) is 5.02 Å². The zero-order valence-corrected chi connectivity index (χ0v) is 13.3. The number of rotatable bonds is 5. The van der Waals surface area contributed by atoms with Crippen LogP contribution in [0.4, 0.5) is 5.69 Å². The Labute approximate surface area is 135 Å². The van der Waals surface area contributed by atoms with Crippen molar-refractivity contribution in [1.29, 1.82) is 0 Å². The van der Waals surface area contributed by atoms with Crippen molar-refractivity contribution in [2.45, 2.75) is 0 Å². The number of ether oxygens (including phenoxy) is 1. The molecule has 0 bridgehead atoms. The fourth-order valence-corrected chi connectivity index (χ4v) is 2.40. The van der Waals surface area contributed by atoms with E-state index >= 15 is 0 Å². The first-order chi connectivity index (χ1) is 10.5. The summed E-state index contributed by atoms with van der Waals surface area (Å²) in [6.45, 7) is 2.73. The summed E-state index contributed by atoms with van der Waals surface area (Å²) in [6.07, 6.45) is 0. The number of carbonyl (C=O) groups excluding carboxylic acids is 2. The van der Waals surface area contributed by atoms with Crippen molar-refractivity contribution in [2.24, 2.45) is 0 Å². The van der Waals surface area contributed by atoms with Gasteiger partial charge in [-0.05, 0) is 25.2 Å². The van der Waals surface area contributed by atoms with E-state index in [2.05, 4.69) is 5.32 Å². The number of hydrogen-bond donors (Lipinski definition) is 1. The van der Waals surface area contributed by atoms with Crippen molar-refractivity contribution in [3.8, 4) is 0 Å². The van der Waals surface area contributed by atoms with Gasteiger partial charge in [-0.15, -0.1) is 0 Å². The van der Waals surface area contributed by atoms with Crippen molar-refractivity contribution in [3.05, 3.63) is 29.3 Å². The van der Waals surface area contributed by atoms with Gasteiger partial charge in [-0.25, -0.2) is 0 Å². The molecule has 0 radical (unpaired) electrons. The zero-order valence-electron chi connectivity index (χ0n) is 12.5. The molecule has 1 aliphatic rings. The zero-order chi connectivity index (χ0) is 15.9. The normalized spacial score (nSPS) is 15.0. The smallest absolute Gasteiger partial charge is 0.238 e. The molecule has 1 heterocycles. The van der Waals surface area contributed by atoms with Gasteiger partial charge in [0.1, 0.15) is 0 Å². The molecular weight excluding hydrogens is 306 g/mol. The van der Waals surface area contributed by atoms with Crippen LogP contribution in [0, 0.1) is 0 Å². The first-order valence-corrected chi connectivity index (χ1v) is 7.52. The number of hydrogen-bond acceptors (Lipinski definition) is 4. The lowest BCUT2D eigenvalue weighted by Gasteiger charge is -2.28. The molecule has 22 heavy (non-hydrogen) atoms. The fraction of sp³-hybridized carbons (Fsp3) is 0.467. The minimum Gasteiger partial charge on any atom is -0.378 e. The average Bonchev–Trinajstić information content (AvgIpc) is 2.47. The van der Waals surface area contributed by atoms with Crippen molar-refractivity contribution in [1.82, 2.24) is 9.80 Å². The SMILES string of the molecule is CN(CC(=O)Nc1cccc(Cl)c1)CC(=O)N1CCOCC1. The number of nitrogens with zero attached hydrogens (tertiary/aromatic N) is 2. The van der Waals surface area contributed by atoms with E-state index in [9.17, 15) is 9.59 Å². The van der Waals surface area contributed by atoms with Gasteiger partial charge < -0.3 is 15.0 Å². The Morgan fingerprint density at radius 1 is 1.32 bits per heavy atom. The predicted octanol–water partition coefficient (Wildman–Crippen LogP) is 1.07. The number of nitrogens with one attached hydrogen (secondary N) is 1. The molecule has 1 aromatic rings. The van der Waals surface area contributed by atoms with Crippen LogP contribution in [0.3, 0.4) is 0 Å². The van der Waals surface area contributed by atoms with E-state index in [1.807, 2.05) is 0 Å². The molecule has 120 valence electrons. The molecule has 1 saturated heterocycles. The monoisotopic (exact) mass is 325 g/mol. The van der Waals surface area contributed by atoms with Gasteiger partial charge in [-0.2, -0.15) is 0 Å². The van der Waals surface area contributed by atoms with E-state index in [-0.39, 0.29) is 24.9 Å². The van der Waals surface area contributed by atoms with Crippen molar-refractivity contribution >= 4 is 29.1 Å². The molecule has 6 nitrogen and oxygen atoms in total. The first-order valence-electron chi connectivity index (χ1n) is 7.14. The van der Waals surface area contributed by atoms with E-state index in [0.717, 1.165) is 0 Å². The highest BCUT2D eigenvalue weighted by molar-refractivity contribution is 6.30. The number of amides is 2. The fourth-order valence-electron chi connectivity index (χ4n) is 2.21. The van der Waals surface area contributed by atoms with E-state index in [4.69, 9.17) is 16.3 Å². The second kappa shape index (κ2) is 8.12. The average molecular weight is 326 g/mol. The summed E-state index contributed by atoms with van der Waals surface area (Å²) in [6, 6.07) is 6.95. The molecule has 1 N–H and O–H groups in total. The van der Waals surface area contributed by atoms with Gasteiger partial charge in [-0.3, -0.25) is 14.5 Å². The maximum atomic E-state index is 12.1. The second-order valence-corrected chi connectivity index (χ2v) is 5.66. The highest BCUT2D eigenvalue weighted by Gasteiger charge is 2.19. The van der Waals surface area contributed by atoms with Gasteiger partial charge >= 0.3 is 0 Å². The Balaban J connectivity index is 1.77. The van der Waals surface area contributed by atoms with Gasteiger partial charge in [0, 0.05) is 23.8 Å². The Bertz CT molecular complexity index is 533. The number of carbonyl (C=O) groups is 2. The molecule has 1 aliphatic heterocycles. The Kier molecular flexibility index (Phi) is 6.18. The lowest BCUT2D eigenvalue weighted by atomic mass is 10.3. The van der Waals surface area contributed by atoms with Crippen LogP contribution in [0.1, 0.15) is 0 Å². The number of anilines is 1. The second-order valence-electron chi connectivity index (χ2n) is 5.22. The highest BCUT2D eigenvalue weighted by Crippen LogP contribution is 2.14. The van der Waals surface area contributed by atoms with Gasteiger partial charge in [0.05, 0.1) is 26.3 Å². The molecule has 0 unspecified atom stereocenters.